The van der Waals surface area contributed by atoms with Gasteiger partial charge in [-0.3, -0.25) is 14.6 Å². The smallest absolute Gasteiger partial charge is 0.328 e. The fourth-order valence-electron chi connectivity index (χ4n) is 2.53. The number of hydrogen-bond donors (Lipinski definition) is 3. The SMILES string of the molecule is C[C@@H]1CC(=O)N1[C@@H](C(=O)O)[C@](C)(/C=N/NC(=O)c1cnccn1)S(=O)O. The molecule has 2 heterocycles. The van der Waals surface area contributed by atoms with E-state index in [2.05, 4.69) is 20.5 Å². The van der Waals surface area contributed by atoms with E-state index in [9.17, 15) is 28.3 Å². The van der Waals surface area contributed by atoms with Gasteiger partial charge in [-0.15, -0.1) is 0 Å². The fraction of sp³-hybridized carbons (Fsp3) is 0.429. The third kappa shape index (κ3) is 3.75. The molecule has 1 aliphatic rings. The summed E-state index contributed by atoms with van der Waals surface area (Å²) in [4.78, 5) is 43.8. The van der Waals surface area contributed by atoms with Gasteiger partial charge in [-0.25, -0.2) is 19.4 Å². The Labute approximate surface area is 150 Å². The molecule has 11 nitrogen and oxygen atoms in total. The van der Waals surface area contributed by atoms with Crippen molar-refractivity contribution in [1.82, 2.24) is 20.3 Å². The van der Waals surface area contributed by atoms with Crippen molar-refractivity contribution < 1.29 is 28.3 Å². The second-order valence-corrected chi connectivity index (χ2v) is 7.20. The molecule has 0 bridgehead atoms. The molecule has 4 atom stereocenters. The molecule has 0 saturated carbocycles. The van der Waals surface area contributed by atoms with Gasteiger partial charge in [0.25, 0.3) is 5.91 Å². The van der Waals surface area contributed by atoms with Gasteiger partial charge in [0.15, 0.2) is 17.1 Å². The van der Waals surface area contributed by atoms with Crippen LogP contribution in [0.3, 0.4) is 0 Å². The Balaban J connectivity index is 2.24. The van der Waals surface area contributed by atoms with Gasteiger partial charge in [0.05, 0.1) is 6.20 Å². The summed E-state index contributed by atoms with van der Waals surface area (Å²) in [6.45, 7) is 2.79. The Morgan fingerprint density at radius 3 is 2.69 bits per heavy atom. The number of rotatable bonds is 7. The minimum atomic E-state index is -2.70. The van der Waals surface area contributed by atoms with Crippen LogP contribution in [0.4, 0.5) is 0 Å². The van der Waals surface area contributed by atoms with Gasteiger partial charge in [0.2, 0.25) is 5.91 Å². The molecule has 0 spiro atoms. The van der Waals surface area contributed by atoms with E-state index in [0.717, 1.165) is 18.0 Å². The molecule has 1 unspecified atom stereocenters. The third-order valence-corrected chi connectivity index (χ3v) is 5.03. The number of β-lactam (4-membered cyclic amide) rings is 1. The normalized spacial score (nSPS) is 21.6. The molecule has 3 N–H and O–H groups in total. The number of carbonyl (C=O) groups excluding carboxylic acids is 2. The molecule has 1 saturated heterocycles. The molecular formula is C14H17N5O6S. The molecular weight excluding hydrogens is 366 g/mol. The lowest BCUT2D eigenvalue weighted by atomic mass is 9.92. The summed E-state index contributed by atoms with van der Waals surface area (Å²) in [5.74, 6) is -2.64. The van der Waals surface area contributed by atoms with Crippen LogP contribution in [0.2, 0.25) is 0 Å². The molecule has 2 rings (SSSR count). The number of nitrogens with one attached hydrogen (secondary N) is 1. The molecule has 2 amide bonds. The number of hydrazone groups is 1. The lowest BCUT2D eigenvalue weighted by Gasteiger charge is -2.46. The van der Waals surface area contributed by atoms with Crippen LogP contribution in [0.15, 0.2) is 23.7 Å². The van der Waals surface area contributed by atoms with Crippen molar-refractivity contribution in [1.29, 1.82) is 0 Å². The zero-order valence-corrected chi connectivity index (χ0v) is 14.7. The number of nitrogens with zero attached hydrogens (tertiary/aromatic N) is 4. The molecule has 1 aliphatic heterocycles. The van der Waals surface area contributed by atoms with E-state index < -0.39 is 45.7 Å². The maximum absolute atomic E-state index is 11.9. The van der Waals surface area contributed by atoms with E-state index in [1.165, 1.54) is 18.6 Å². The van der Waals surface area contributed by atoms with Crippen LogP contribution in [0.25, 0.3) is 0 Å². The van der Waals surface area contributed by atoms with Gasteiger partial charge < -0.3 is 14.6 Å². The molecule has 26 heavy (non-hydrogen) atoms. The summed E-state index contributed by atoms with van der Waals surface area (Å²) in [6, 6.07) is -2.02. The second kappa shape index (κ2) is 7.66. The second-order valence-electron chi connectivity index (χ2n) is 5.82. The number of carbonyl (C=O) groups is 3. The highest BCUT2D eigenvalue weighted by Gasteiger charge is 2.53. The minimum Gasteiger partial charge on any atom is -0.480 e. The fourth-order valence-corrected chi connectivity index (χ4v) is 3.08. The maximum atomic E-state index is 11.9. The quantitative estimate of drug-likeness (QED) is 0.240. The highest BCUT2D eigenvalue weighted by atomic mass is 32.2. The Bertz CT molecular complexity index is 772. The summed E-state index contributed by atoms with van der Waals surface area (Å²) >= 11 is -2.70. The van der Waals surface area contributed by atoms with Crippen LogP contribution >= 0.6 is 0 Å². The Morgan fingerprint density at radius 1 is 1.54 bits per heavy atom. The highest BCUT2D eigenvalue weighted by Crippen LogP contribution is 2.30. The van der Waals surface area contributed by atoms with Gasteiger partial charge in [-0.05, 0) is 13.8 Å². The average molecular weight is 383 g/mol. The van der Waals surface area contributed by atoms with Crippen molar-refractivity contribution in [2.75, 3.05) is 0 Å². The van der Waals surface area contributed by atoms with Gasteiger partial charge in [0, 0.05) is 31.1 Å². The summed E-state index contributed by atoms with van der Waals surface area (Å²) < 4.78 is 19.6. The minimum absolute atomic E-state index is 0.0437. The lowest BCUT2D eigenvalue weighted by molar-refractivity contribution is -0.161. The predicted octanol–water partition coefficient (Wildman–Crippen LogP) is -0.753. The number of aliphatic carboxylic acids is 1. The van der Waals surface area contributed by atoms with Crippen LogP contribution in [0.5, 0.6) is 0 Å². The van der Waals surface area contributed by atoms with Crippen LogP contribution < -0.4 is 5.43 Å². The van der Waals surface area contributed by atoms with Crippen molar-refractivity contribution in [3.63, 3.8) is 0 Å². The van der Waals surface area contributed by atoms with Gasteiger partial charge in [-0.2, -0.15) is 5.10 Å². The van der Waals surface area contributed by atoms with Crippen molar-refractivity contribution in [2.45, 2.75) is 37.1 Å². The first-order valence-corrected chi connectivity index (χ1v) is 8.54. The zero-order valence-electron chi connectivity index (χ0n) is 13.9. The monoisotopic (exact) mass is 383 g/mol. The van der Waals surface area contributed by atoms with E-state index in [1.54, 1.807) is 6.92 Å². The Kier molecular flexibility index (Phi) is 5.77. The zero-order chi connectivity index (χ0) is 19.5. The lowest BCUT2D eigenvalue weighted by Crippen LogP contribution is -2.67. The van der Waals surface area contributed by atoms with Crippen LogP contribution in [0.1, 0.15) is 30.8 Å². The van der Waals surface area contributed by atoms with Crippen LogP contribution in [-0.4, -0.2) is 69.6 Å². The molecule has 140 valence electrons. The van der Waals surface area contributed by atoms with E-state index in [4.69, 9.17) is 0 Å². The topological polar surface area (TPSA) is 162 Å². The van der Waals surface area contributed by atoms with Gasteiger partial charge in [0.1, 0.15) is 10.4 Å². The summed E-state index contributed by atoms with van der Waals surface area (Å²) in [7, 11) is 0. The predicted molar refractivity (Wildman–Crippen MR) is 89.5 cm³/mol. The Morgan fingerprint density at radius 2 is 2.23 bits per heavy atom. The van der Waals surface area contributed by atoms with E-state index in [1.807, 2.05) is 0 Å². The third-order valence-electron chi connectivity index (χ3n) is 3.95. The number of hydrogen-bond acceptors (Lipinski definition) is 7. The molecule has 1 fully saturated rings. The molecule has 1 aromatic heterocycles. The number of carboxylic acid groups (broad SMARTS) is 1. The van der Waals surface area contributed by atoms with Crippen LogP contribution in [0, 0.1) is 0 Å². The van der Waals surface area contributed by atoms with E-state index in [-0.39, 0.29) is 12.1 Å². The summed E-state index contributed by atoms with van der Waals surface area (Å²) in [5.41, 5.74) is 2.04. The number of amides is 2. The summed E-state index contributed by atoms with van der Waals surface area (Å²) in [5, 5.41) is 13.1. The van der Waals surface area contributed by atoms with Crippen molar-refractivity contribution >= 4 is 35.1 Å². The molecule has 12 heteroatoms. The van der Waals surface area contributed by atoms with Crippen LogP contribution in [-0.2, 0) is 20.7 Å². The number of carboxylic acids is 1. The Hall–Kier alpha value is -2.73. The molecule has 0 aromatic carbocycles. The number of aromatic nitrogens is 2. The highest BCUT2D eigenvalue weighted by molar-refractivity contribution is 7.81. The molecule has 1 aromatic rings. The van der Waals surface area contributed by atoms with Gasteiger partial charge in [-0.1, -0.05) is 0 Å². The number of likely N-dealkylation sites (tertiary alicyclic amines) is 1. The first kappa shape index (κ1) is 19.6. The average Bonchev–Trinajstić information content (AvgIpc) is 2.59. The first-order chi connectivity index (χ1) is 12.2. The summed E-state index contributed by atoms with van der Waals surface area (Å²) in [6.07, 6.45) is 4.85. The van der Waals surface area contributed by atoms with E-state index >= 15 is 0 Å². The van der Waals surface area contributed by atoms with Crippen molar-refractivity contribution in [2.24, 2.45) is 5.10 Å². The molecule has 0 aliphatic carbocycles. The standard InChI is InChI=1S/C14H17N5O6S/c1-8-5-10(20)19(8)11(13(22)23)14(2,26(24)25)7-17-18-12(21)9-6-15-3-4-16-9/h3-4,6-8,11H,5H2,1-2H3,(H,18,21)(H,22,23)(H,24,25)/b17-7+/t8-,11+,14+/m1/s1. The van der Waals surface area contributed by atoms with Crippen molar-refractivity contribution in [3.05, 3.63) is 24.3 Å². The first-order valence-electron chi connectivity index (χ1n) is 7.44. The van der Waals surface area contributed by atoms with Gasteiger partial charge >= 0.3 is 5.97 Å². The van der Waals surface area contributed by atoms with E-state index in [0.29, 0.717) is 0 Å². The maximum Gasteiger partial charge on any atom is 0.328 e. The molecule has 0 radical (unpaired) electrons. The van der Waals surface area contributed by atoms with Crippen molar-refractivity contribution in [3.8, 4) is 0 Å². The largest absolute Gasteiger partial charge is 0.480 e.